The molecule has 0 aromatic carbocycles. The van der Waals surface area contributed by atoms with Gasteiger partial charge in [-0.3, -0.25) is 0 Å². The minimum absolute atomic E-state index is 0.189. The molecule has 1 aliphatic heterocycles. The molecule has 0 amide bonds. The molecule has 13 heavy (non-hydrogen) atoms. The summed E-state index contributed by atoms with van der Waals surface area (Å²) in [4.78, 5) is 0. The topological polar surface area (TPSA) is 29.5 Å². The first kappa shape index (κ1) is 9.41. The van der Waals surface area contributed by atoms with Crippen LogP contribution in [0.4, 0.5) is 4.39 Å². The second kappa shape index (κ2) is 3.21. The minimum Gasteiger partial charge on any atom is -0.396 e. The SMILES string of the molecule is CC1(F)CC2COCC(C1)C2CO. The van der Waals surface area contributed by atoms with Gasteiger partial charge in [-0.05, 0) is 37.5 Å². The van der Waals surface area contributed by atoms with E-state index in [1.165, 1.54) is 0 Å². The molecule has 1 saturated heterocycles. The Morgan fingerprint density at radius 1 is 1.38 bits per heavy atom. The number of hydrogen-bond donors (Lipinski definition) is 1. The van der Waals surface area contributed by atoms with Crippen molar-refractivity contribution in [2.75, 3.05) is 19.8 Å². The van der Waals surface area contributed by atoms with Gasteiger partial charge in [0.25, 0.3) is 0 Å². The molecule has 1 saturated carbocycles. The number of ether oxygens (including phenoxy) is 1. The van der Waals surface area contributed by atoms with E-state index in [-0.39, 0.29) is 24.4 Å². The van der Waals surface area contributed by atoms with Gasteiger partial charge in [0.2, 0.25) is 0 Å². The third kappa shape index (κ3) is 1.72. The molecule has 2 bridgehead atoms. The van der Waals surface area contributed by atoms with Crippen molar-refractivity contribution in [3.05, 3.63) is 0 Å². The summed E-state index contributed by atoms with van der Waals surface area (Å²) in [5.41, 5.74) is -1.04. The largest absolute Gasteiger partial charge is 0.396 e. The van der Waals surface area contributed by atoms with Crippen molar-refractivity contribution < 1.29 is 14.2 Å². The van der Waals surface area contributed by atoms with Crippen LogP contribution < -0.4 is 0 Å². The summed E-state index contributed by atoms with van der Waals surface area (Å²) in [6.07, 6.45) is 1.10. The molecule has 2 nitrogen and oxygen atoms in total. The molecule has 3 heteroatoms. The predicted molar refractivity (Wildman–Crippen MR) is 47.1 cm³/mol. The molecule has 1 heterocycles. The zero-order valence-electron chi connectivity index (χ0n) is 8.00. The zero-order chi connectivity index (χ0) is 9.47. The highest BCUT2D eigenvalue weighted by molar-refractivity contribution is 4.94. The molecule has 2 fully saturated rings. The average molecular weight is 188 g/mol. The molecule has 2 unspecified atom stereocenters. The van der Waals surface area contributed by atoms with Crippen LogP contribution in [-0.4, -0.2) is 30.6 Å². The maximum atomic E-state index is 13.8. The highest BCUT2D eigenvalue weighted by Gasteiger charge is 2.45. The van der Waals surface area contributed by atoms with Crippen molar-refractivity contribution in [2.24, 2.45) is 17.8 Å². The third-order valence-corrected chi connectivity index (χ3v) is 3.46. The Balaban J connectivity index is 2.12. The van der Waals surface area contributed by atoms with Crippen molar-refractivity contribution in [1.29, 1.82) is 0 Å². The lowest BCUT2D eigenvalue weighted by Crippen LogP contribution is -2.48. The van der Waals surface area contributed by atoms with Gasteiger partial charge in [0.1, 0.15) is 5.67 Å². The molecular weight excluding hydrogens is 171 g/mol. The van der Waals surface area contributed by atoms with Crippen molar-refractivity contribution in [1.82, 2.24) is 0 Å². The van der Waals surface area contributed by atoms with E-state index >= 15 is 0 Å². The number of halogens is 1. The summed E-state index contributed by atoms with van der Waals surface area (Å²) in [6, 6.07) is 0. The number of fused-ring (bicyclic) bond motifs is 2. The summed E-state index contributed by atoms with van der Waals surface area (Å²) < 4.78 is 19.1. The van der Waals surface area contributed by atoms with E-state index in [4.69, 9.17) is 4.74 Å². The quantitative estimate of drug-likeness (QED) is 0.673. The molecule has 0 aromatic heterocycles. The van der Waals surface area contributed by atoms with Crippen LogP contribution in [0.25, 0.3) is 0 Å². The van der Waals surface area contributed by atoms with E-state index in [1.807, 2.05) is 0 Å². The Bertz CT molecular complexity index is 177. The number of hydrogen-bond acceptors (Lipinski definition) is 2. The van der Waals surface area contributed by atoms with Crippen LogP contribution >= 0.6 is 0 Å². The van der Waals surface area contributed by atoms with E-state index < -0.39 is 5.67 Å². The van der Waals surface area contributed by atoms with Crippen LogP contribution in [0.15, 0.2) is 0 Å². The molecular formula is C10H17FO2. The summed E-state index contributed by atoms with van der Waals surface area (Å²) in [5.74, 6) is 0.734. The lowest BCUT2D eigenvalue weighted by Gasteiger charge is -2.46. The Morgan fingerprint density at radius 2 is 1.92 bits per heavy atom. The van der Waals surface area contributed by atoms with Crippen LogP contribution in [0.3, 0.4) is 0 Å². The predicted octanol–water partition coefficient (Wildman–Crippen LogP) is 1.38. The highest BCUT2D eigenvalue weighted by atomic mass is 19.1. The van der Waals surface area contributed by atoms with Gasteiger partial charge < -0.3 is 9.84 Å². The minimum atomic E-state index is -1.04. The van der Waals surface area contributed by atoms with Crippen molar-refractivity contribution in [3.63, 3.8) is 0 Å². The average Bonchev–Trinajstić information content (AvgIpc) is 2.01. The molecule has 0 aromatic rings. The van der Waals surface area contributed by atoms with Gasteiger partial charge in [-0.2, -0.15) is 0 Å². The molecule has 2 aliphatic rings. The second-order valence-corrected chi connectivity index (χ2v) is 4.73. The Kier molecular flexibility index (Phi) is 2.32. The molecule has 1 aliphatic carbocycles. The van der Waals surface area contributed by atoms with Gasteiger partial charge in [-0.25, -0.2) is 4.39 Å². The van der Waals surface area contributed by atoms with Crippen molar-refractivity contribution in [3.8, 4) is 0 Å². The van der Waals surface area contributed by atoms with Gasteiger partial charge in [-0.1, -0.05) is 0 Å². The highest BCUT2D eigenvalue weighted by Crippen LogP contribution is 2.44. The molecule has 0 radical (unpaired) electrons. The Hall–Kier alpha value is -0.150. The van der Waals surface area contributed by atoms with E-state index in [0.29, 0.717) is 26.1 Å². The van der Waals surface area contributed by atoms with Gasteiger partial charge in [0.15, 0.2) is 0 Å². The fraction of sp³-hybridized carbons (Fsp3) is 1.00. The van der Waals surface area contributed by atoms with Crippen LogP contribution in [0.2, 0.25) is 0 Å². The smallest absolute Gasteiger partial charge is 0.109 e. The molecule has 2 rings (SSSR count). The van der Waals surface area contributed by atoms with Crippen LogP contribution in [-0.2, 0) is 4.74 Å². The maximum absolute atomic E-state index is 13.8. The van der Waals surface area contributed by atoms with E-state index in [2.05, 4.69) is 0 Å². The Morgan fingerprint density at radius 3 is 2.38 bits per heavy atom. The number of rotatable bonds is 1. The molecule has 2 atom stereocenters. The standard InChI is InChI=1S/C10H17FO2/c1-10(11)2-7-5-13-6-8(3-10)9(7)4-12/h7-9,12H,2-6H2,1H3. The molecule has 0 spiro atoms. The van der Waals surface area contributed by atoms with E-state index in [1.54, 1.807) is 6.92 Å². The lowest BCUT2D eigenvalue weighted by atomic mass is 9.66. The van der Waals surface area contributed by atoms with Crippen LogP contribution in [0, 0.1) is 17.8 Å². The fourth-order valence-corrected chi connectivity index (χ4v) is 2.90. The monoisotopic (exact) mass is 188 g/mol. The Labute approximate surface area is 78.1 Å². The first-order chi connectivity index (χ1) is 6.12. The first-order valence-electron chi connectivity index (χ1n) is 5.00. The molecule has 1 N–H and O–H groups in total. The van der Waals surface area contributed by atoms with Crippen molar-refractivity contribution in [2.45, 2.75) is 25.4 Å². The van der Waals surface area contributed by atoms with Crippen LogP contribution in [0.5, 0.6) is 0 Å². The van der Waals surface area contributed by atoms with Crippen molar-refractivity contribution >= 4 is 0 Å². The second-order valence-electron chi connectivity index (χ2n) is 4.73. The summed E-state index contributed by atoms with van der Waals surface area (Å²) in [5, 5.41) is 9.19. The maximum Gasteiger partial charge on any atom is 0.109 e. The lowest BCUT2D eigenvalue weighted by molar-refractivity contribution is -0.114. The van der Waals surface area contributed by atoms with E-state index in [9.17, 15) is 9.50 Å². The van der Waals surface area contributed by atoms with Crippen LogP contribution in [0.1, 0.15) is 19.8 Å². The normalized spacial score (nSPS) is 50.5. The summed E-state index contributed by atoms with van der Waals surface area (Å²) in [6.45, 7) is 3.11. The molecule has 76 valence electrons. The first-order valence-corrected chi connectivity index (χ1v) is 5.00. The third-order valence-electron chi connectivity index (χ3n) is 3.46. The number of alkyl halides is 1. The summed E-state index contributed by atoms with van der Waals surface area (Å²) in [7, 11) is 0. The fourth-order valence-electron chi connectivity index (χ4n) is 2.90. The van der Waals surface area contributed by atoms with Gasteiger partial charge in [0.05, 0.1) is 0 Å². The van der Waals surface area contributed by atoms with Gasteiger partial charge in [-0.15, -0.1) is 0 Å². The van der Waals surface area contributed by atoms with Gasteiger partial charge >= 0.3 is 0 Å². The number of aliphatic hydroxyl groups excluding tert-OH is 1. The number of aliphatic hydroxyl groups is 1. The summed E-state index contributed by atoms with van der Waals surface area (Å²) >= 11 is 0. The van der Waals surface area contributed by atoms with E-state index in [0.717, 1.165) is 0 Å². The van der Waals surface area contributed by atoms with Gasteiger partial charge in [0, 0.05) is 19.8 Å². The zero-order valence-corrected chi connectivity index (χ0v) is 8.00.